The van der Waals surface area contributed by atoms with Gasteiger partial charge >= 0.3 is 6.18 Å². The Morgan fingerprint density at radius 1 is 1.29 bits per heavy atom. The maximum atomic E-state index is 12.3. The van der Waals surface area contributed by atoms with E-state index in [9.17, 15) is 18.0 Å². The molecule has 1 aliphatic rings. The third-order valence-electron chi connectivity index (χ3n) is 3.26. The maximum absolute atomic E-state index is 12.3. The number of Topliss-reactive ketones (excluding diaryl/α,β-unsaturated/α-hetero) is 1. The average Bonchev–Trinajstić information content (AvgIpc) is 2.41. The van der Waals surface area contributed by atoms with Crippen molar-refractivity contribution in [2.75, 3.05) is 19.6 Å². The van der Waals surface area contributed by atoms with Gasteiger partial charge in [0.25, 0.3) is 0 Å². The van der Waals surface area contributed by atoms with E-state index in [0.717, 1.165) is 25.7 Å². The monoisotopic (exact) mass is 251 g/mol. The number of nitrogens with zero attached hydrogens (tertiary/aromatic N) is 1. The summed E-state index contributed by atoms with van der Waals surface area (Å²) >= 11 is 0. The fourth-order valence-electron chi connectivity index (χ4n) is 2.30. The molecule has 0 bridgehead atoms. The van der Waals surface area contributed by atoms with E-state index in [0.29, 0.717) is 13.0 Å². The van der Waals surface area contributed by atoms with E-state index >= 15 is 0 Å². The van der Waals surface area contributed by atoms with Gasteiger partial charge in [0.2, 0.25) is 0 Å². The van der Waals surface area contributed by atoms with E-state index in [1.165, 1.54) is 4.90 Å². The molecule has 0 amide bonds. The van der Waals surface area contributed by atoms with Crippen LogP contribution in [0.15, 0.2) is 0 Å². The van der Waals surface area contributed by atoms with Gasteiger partial charge in [-0.05, 0) is 19.4 Å². The molecule has 1 rings (SSSR count). The number of halogens is 3. The quantitative estimate of drug-likeness (QED) is 0.716. The van der Waals surface area contributed by atoms with Crippen LogP contribution in [0.2, 0.25) is 0 Å². The number of carbonyl (C=O) groups excluding carboxylic acids is 1. The SMILES string of the molecule is CCN(CC1CCCCCC1=O)CC(F)(F)F. The lowest BCUT2D eigenvalue weighted by Crippen LogP contribution is -2.39. The van der Waals surface area contributed by atoms with Crippen molar-refractivity contribution < 1.29 is 18.0 Å². The highest BCUT2D eigenvalue weighted by atomic mass is 19.4. The zero-order valence-corrected chi connectivity index (χ0v) is 10.2. The standard InChI is InChI=1S/C12H20F3NO/c1-2-16(9-12(13,14)15)8-10-6-4-3-5-7-11(10)17/h10H,2-9H2,1H3. The van der Waals surface area contributed by atoms with Crippen LogP contribution in [0.5, 0.6) is 0 Å². The Hall–Kier alpha value is -0.580. The first kappa shape index (κ1) is 14.5. The Labute approximate surface area is 100 Å². The molecule has 1 saturated carbocycles. The number of alkyl halides is 3. The fraction of sp³-hybridized carbons (Fsp3) is 0.917. The topological polar surface area (TPSA) is 20.3 Å². The largest absolute Gasteiger partial charge is 0.401 e. The molecule has 0 aliphatic heterocycles. The van der Waals surface area contributed by atoms with Gasteiger partial charge in [0.15, 0.2) is 0 Å². The minimum absolute atomic E-state index is 0.142. The van der Waals surface area contributed by atoms with Crippen LogP contribution in [0, 0.1) is 5.92 Å². The van der Waals surface area contributed by atoms with Crippen molar-refractivity contribution in [2.45, 2.75) is 45.2 Å². The maximum Gasteiger partial charge on any atom is 0.401 e. The smallest absolute Gasteiger partial charge is 0.299 e. The summed E-state index contributed by atoms with van der Waals surface area (Å²) in [6.45, 7) is 1.39. The van der Waals surface area contributed by atoms with Crippen LogP contribution in [0.1, 0.15) is 39.0 Å². The zero-order chi connectivity index (χ0) is 12.9. The van der Waals surface area contributed by atoms with Gasteiger partial charge < -0.3 is 0 Å². The lowest BCUT2D eigenvalue weighted by molar-refractivity contribution is -0.148. The molecule has 0 aromatic carbocycles. The summed E-state index contributed by atoms with van der Waals surface area (Å²) in [7, 11) is 0. The first-order valence-corrected chi connectivity index (χ1v) is 6.24. The fourth-order valence-corrected chi connectivity index (χ4v) is 2.30. The molecule has 100 valence electrons. The summed E-state index contributed by atoms with van der Waals surface area (Å²) in [5, 5.41) is 0. The van der Waals surface area contributed by atoms with E-state index in [2.05, 4.69) is 0 Å². The van der Waals surface area contributed by atoms with E-state index in [1.54, 1.807) is 6.92 Å². The Morgan fingerprint density at radius 3 is 2.59 bits per heavy atom. The van der Waals surface area contributed by atoms with Crippen molar-refractivity contribution in [3.8, 4) is 0 Å². The van der Waals surface area contributed by atoms with E-state index in [-0.39, 0.29) is 18.2 Å². The minimum Gasteiger partial charge on any atom is -0.299 e. The molecular weight excluding hydrogens is 231 g/mol. The summed E-state index contributed by atoms with van der Waals surface area (Å²) in [4.78, 5) is 13.1. The van der Waals surface area contributed by atoms with Crippen molar-refractivity contribution in [2.24, 2.45) is 5.92 Å². The number of ketones is 1. The van der Waals surface area contributed by atoms with Gasteiger partial charge in [-0.2, -0.15) is 13.2 Å². The van der Waals surface area contributed by atoms with Crippen molar-refractivity contribution >= 4 is 5.78 Å². The second-order valence-corrected chi connectivity index (χ2v) is 4.71. The van der Waals surface area contributed by atoms with Crippen LogP contribution in [-0.2, 0) is 4.79 Å². The molecule has 1 atom stereocenters. The summed E-state index contributed by atoms with van der Waals surface area (Å²) < 4.78 is 36.9. The Kier molecular flexibility index (Phi) is 5.43. The molecule has 0 aromatic heterocycles. The summed E-state index contributed by atoms with van der Waals surface area (Å²) in [5.74, 6) is -0.0528. The molecule has 2 nitrogen and oxygen atoms in total. The van der Waals surface area contributed by atoms with Gasteiger partial charge in [0.1, 0.15) is 5.78 Å². The molecule has 0 heterocycles. The van der Waals surface area contributed by atoms with Gasteiger partial charge in [-0.1, -0.05) is 19.8 Å². The third-order valence-corrected chi connectivity index (χ3v) is 3.26. The van der Waals surface area contributed by atoms with Crippen LogP contribution in [0.25, 0.3) is 0 Å². The molecule has 0 radical (unpaired) electrons. The highest BCUT2D eigenvalue weighted by molar-refractivity contribution is 5.81. The predicted octanol–water partition coefficient (Wildman–Crippen LogP) is 3.02. The van der Waals surface area contributed by atoms with Crippen molar-refractivity contribution in [1.82, 2.24) is 4.90 Å². The molecule has 0 saturated heterocycles. The molecule has 1 unspecified atom stereocenters. The minimum atomic E-state index is -4.18. The highest BCUT2D eigenvalue weighted by Crippen LogP contribution is 2.23. The van der Waals surface area contributed by atoms with Gasteiger partial charge in [-0.25, -0.2) is 0 Å². The van der Waals surface area contributed by atoms with Gasteiger partial charge in [0, 0.05) is 18.9 Å². The van der Waals surface area contributed by atoms with Gasteiger partial charge in [-0.3, -0.25) is 9.69 Å². The summed E-state index contributed by atoms with van der Waals surface area (Å²) in [5.41, 5.74) is 0. The van der Waals surface area contributed by atoms with Gasteiger partial charge in [-0.15, -0.1) is 0 Å². The second-order valence-electron chi connectivity index (χ2n) is 4.71. The Balaban J connectivity index is 2.51. The molecular formula is C12H20F3NO. The van der Waals surface area contributed by atoms with Crippen molar-refractivity contribution in [3.63, 3.8) is 0 Å². The predicted molar refractivity (Wildman–Crippen MR) is 59.8 cm³/mol. The highest BCUT2D eigenvalue weighted by Gasteiger charge is 2.32. The molecule has 0 spiro atoms. The van der Waals surface area contributed by atoms with E-state index < -0.39 is 12.7 Å². The summed E-state index contributed by atoms with van der Waals surface area (Å²) in [6.07, 6.45) is -0.0282. The molecule has 1 aliphatic carbocycles. The van der Waals surface area contributed by atoms with Crippen LogP contribution < -0.4 is 0 Å². The van der Waals surface area contributed by atoms with Crippen molar-refractivity contribution in [1.29, 1.82) is 0 Å². The number of rotatable bonds is 4. The molecule has 1 fully saturated rings. The molecule has 0 aromatic rings. The zero-order valence-electron chi connectivity index (χ0n) is 10.2. The van der Waals surface area contributed by atoms with Crippen LogP contribution in [0.4, 0.5) is 13.2 Å². The Morgan fingerprint density at radius 2 is 2.00 bits per heavy atom. The van der Waals surface area contributed by atoms with Crippen LogP contribution >= 0.6 is 0 Å². The lowest BCUT2D eigenvalue weighted by atomic mass is 9.98. The third kappa shape index (κ3) is 5.52. The Bertz CT molecular complexity index is 253. The molecule has 5 heteroatoms. The second kappa shape index (κ2) is 6.38. The van der Waals surface area contributed by atoms with E-state index in [1.807, 2.05) is 0 Å². The molecule has 17 heavy (non-hydrogen) atoms. The number of hydrogen-bond donors (Lipinski definition) is 0. The molecule has 0 N–H and O–H groups in total. The lowest BCUT2D eigenvalue weighted by Gasteiger charge is -2.25. The first-order valence-electron chi connectivity index (χ1n) is 6.24. The number of hydrogen-bond acceptors (Lipinski definition) is 2. The van der Waals surface area contributed by atoms with Crippen molar-refractivity contribution in [3.05, 3.63) is 0 Å². The number of carbonyl (C=O) groups is 1. The average molecular weight is 251 g/mol. The normalized spacial score (nSPS) is 22.9. The van der Waals surface area contributed by atoms with Gasteiger partial charge in [0.05, 0.1) is 6.54 Å². The summed E-state index contributed by atoms with van der Waals surface area (Å²) in [6, 6.07) is 0. The van der Waals surface area contributed by atoms with Crippen LogP contribution in [0.3, 0.4) is 0 Å². The van der Waals surface area contributed by atoms with E-state index in [4.69, 9.17) is 0 Å². The first-order chi connectivity index (χ1) is 7.92. The van der Waals surface area contributed by atoms with Crippen LogP contribution in [-0.4, -0.2) is 36.5 Å².